The van der Waals surface area contributed by atoms with Crippen LogP contribution in [0.2, 0.25) is 0 Å². The van der Waals surface area contributed by atoms with Crippen molar-refractivity contribution >= 4 is 11.6 Å². The fourth-order valence-electron chi connectivity index (χ4n) is 1.92. The molecular weight excluding hydrogens is 252 g/mol. The van der Waals surface area contributed by atoms with Crippen molar-refractivity contribution in [3.63, 3.8) is 0 Å². The van der Waals surface area contributed by atoms with Crippen LogP contribution in [0.3, 0.4) is 0 Å². The van der Waals surface area contributed by atoms with Crippen LogP contribution in [-0.4, -0.2) is 36.7 Å². The van der Waals surface area contributed by atoms with Gasteiger partial charge in [-0.1, -0.05) is 20.3 Å². The number of nitrogens with one attached hydrogen (secondary N) is 1. The monoisotopic (exact) mass is 280 g/mol. The van der Waals surface area contributed by atoms with E-state index in [-0.39, 0.29) is 0 Å². The van der Waals surface area contributed by atoms with Crippen LogP contribution in [0, 0.1) is 5.92 Å². The fraction of sp³-hybridized carbons (Fsp3) is 0.733. The largest absolute Gasteiger partial charge is 0.374 e. The molecule has 0 aliphatic carbocycles. The zero-order chi connectivity index (χ0) is 15.0. The molecule has 0 saturated carbocycles. The fourth-order valence-corrected chi connectivity index (χ4v) is 1.92. The van der Waals surface area contributed by atoms with E-state index < -0.39 is 0 Å². The lowest BCUT2D eigenvalue weighted by Gasteiger charge is -2.25. The smallest absolute Gasteiger partial charge is 0.158 e. The molecule has 20 heavy (non-hydrogen) atoms. The van der Waals surface area contributed by atoms with Crippen LogP contribution in [0.1, 0.15) is 39.9 Å². The van der Waals surface area contributed by atoms with Gasteiger partial charge in [0.1, 0.15) is 18.2 Å². The number of ether oxygens (including phenoxy) is 1. The van der Waals surface area contributed by atoms with E-state index in [0.717, 1.165) is 30.5 Å². The summed E-state index contributed by atoms with van der Waals surface area (Å²) in [5, 5.41) is 3.10. The van der Waals surface area contributed by atoms with Gasteiger partial charge in [0, 0.05) is 32.8 Å². The summed E-state index contributed by atoms with van der Waals surface area (Å²) in [6, 6.07) is 2.00. The van der Waals surface area contributed by atoms with Crippen molar-refractivity contribution in [2.24, 2.45) is 5.92 Å². The van der Waals surface area contributed by atoms with Gasteiger partial charge in [0.2, 0.25) is 0 Å². The van der Waals surface area contributed by atoms with E-state index in [2.05, 4.69) is 41.0 Å². The Morgan fingerprint density at radius 2 is 2.05 bits per heavy atom. The Labute approximate surface area is 122 Å². The summed E-state index contributed by atoms with van der Waals surface area (Å²) in [7, 11) is 1.88. The van der Waals surface area contributed by atoms with Crippen LogP contribution in [0.25, 0.3) is 0 Å². The third kappa shape index (κ3) is 4.96. The number of aromatic nitrogens is 2. The molecule has 0 aliphatic rings. The zero-order valence-corrected chi connectivity index (χ0v) is 13.4. The molecule has 1 rings (SSSR count). The third-order valence-corrected chi connectivity index (χ3v) is 3.39. The molecule has 1 atom stereocenters. The molecule has 5 nitrogen and oxygen atoms in total. The van der Waals surface area contributed by atoms with Crippen molar-refractivity contribution in [3.8, 4) is 0 Å². The summed E-state index contributed by atoms with van der Waals surface area (Å²) in [5.41, 5.74) is 0. The molecule has 0 amide bonds. The van der Waals surface area contributed by atoms with Gasteiger partial charge < -0.3 is 15.0 Å². The minimum atomic E-state index is 0.458. The molecule has 1 heterocycles. The number of anilines is 2. The van der Waals surface area contributed by atoms with E-state index in [1.54, 1.807) is 0 Å². The first kappa shape index (κ1) is 16.7. The van der Waals surface area contributed by atoms with Crippen LogP contribution >= 0.6 is 0 Å². The second-order valence-electron chi connectivity index (χ2n) is 4.97. The zero-order valence-electron chi connectivity index (χ0n) is 13.4. The average molecular weight is 280 g/mol. The van der Waals surface area contributed by atoms with Gasteiger partial charge in [0.05, 0.1) is 0 Å². The van der Waals surface area contributed by atoms with E-state index >= 15 is 0 Å². The van der Waals surface area contributed by atoms with E-state index in [0.29, 0.717) is 19.1 Å². The minimum absolute atomic E-state index is 0.458. The lowest BCUT2D eigenvalue weighted by molar-refractivity contribution is 0.128. The first-order valence-corrected chi connectivity index (χ1v) is 7.52. The van der Waals surface area contributed by atoms with Crippen LogP contribution in [-0.2, 0) is 11.3 Å². The van der Waals surface area contributed by atoms with Crippen molar-refractivity contribution in [2.75, 3.05) is 37.0 Å². The maximum Gasteiger partial charge on any atom is 0.158 e. The summed E-state index contributed by atoms with van der Waals surface area (Å²) >= 11 is 0. The highest BCUT2D eigenvalue weighted by atomic mass is 16.5. The SMILES string of the molecule is CCOCc1nc(NC)cc(N(CC)CC(C)CC)n1. The van der Waals surface area contributed by atoms with Gasteiger partial charge in [0.25, 0.3) is 0 Å². The summed E-state index contributed by atoms with van der Waals surface area (Å²) < 4.78 is 5.42. The minimum Gasteiger partial charge on any atom is -0.374 e. The predicted molar refractivity (Wildman–Crippen MR) is 84.3 cm³/mol. The molecule has 114 valence electrons. The van der Waals surface area contributed by atoms with Crippen molar-refractivity contribution in [1.29, 1.82) is 0 Å². The Morgan fingerprint density at radius 1 is 1.30 bits per heavy atom. The molecule has 0 saturated heterocycles. The van der Waals surface area contributed by atoms with Crippen LogP contribution in [0.15, 0.2) is 6.07 Å². The van der Waals surface area contributed by atoms with Gasteiger partial charge in [-0.25, -0.2) is 9.97 Å². The molecule has 0 aromatic carbocycles. The lowest BCUT2D eigenvalue weighted by atomic mass is 10.1. The van der Waals surface area contributed by atoms with Crippen molar-refractivity contribution in [2.45, 2.75) is 40.7 Å². The van der Waals surface area contributed by atoms with E-state index in [1.807, 2.05) is 20.0 Å². The molecule has 0 radical (unpaired) electrons. The van der Waals surface area contributed by atoms with E-state index in [4.69, 9.17) is 4.74 Å². The molecule has 1 unspecified atom stereocenters. The third-order valence-electron chi connectivity index (χ3n) is 3.39. The molecular formula is C15H28N4O. The molecule has 1 N–H and O–H groups in total. The first-order valence-electron chi connectivity index (χ1n) is 7.52. The topological polar surface area (TPSA) is 50.3 Å². The second-order valence-corrected chi connectivity index (χ2v) is 4.97. The molecule has 5 heteroatoms. The van der Waals surface area contributed by atoms with Gasteiger partial charge in [-0.15, -0.1) is 0 Å². The molecule has 0 aliphatic heterocycles. The highest BCUT2D eigenvalue weighted by molar-refractivity contribution is 5.49. The summed E-state index contributed by atoms with van der Waals surface area (Å²) in [6.07, 6.45) is 1.17. The van der Waals surface area contributed by atoms with Crippen molar-refractivity contribution in [3.05, 3.63) is 11.9 Å². The van der Waals surface area contributed by atoms with Gasteiger partial charge in [-0.05, 0) is 19.8 Å². The molecule has 0 fully saturated rings. The van der Waals surface area contributed by atoms with Gasteiger partial charge in [0.15, 0.2) is 5.82 Å². The second kappa shape index (κ2) is 8.74. The van der Waals surface area contributed by atoms with Gasteiger partial charge in [-0.3, -0.25) is 0 Å². The van der Waals surface area contributed by atoms with Crippen molar-refractivity contribution < 1.29 is 4.74 Å². The number of rotatable bonds is 9. The maximum absolute atomic E-state index is 5.42. The molecule has 0 bridgehead atoms. The first-order chi connectivity index (χ1) is 9.64. The molecule has 1 aromatic rings. The summed E-state index contributed by atoms with van der Waals surface area (Å²) in [5.74, 6) is 3.20. The Balaban J connectivity index is 2.94. The highest BCUT2D eigenvalue weighted by Crippen LogP contribution is 2.18. The summed E-state index contributed by atoms with van der Waals surface area (Å²) in [6.45, 7) is 11.7. The number of nitrogens with zero attached hydrogens (tertiary/aromatic N) is 3. The lowest BCUT2D eigenvalue weighted by Crippen LogP contribution is -2.29. The van der Waals surface area contributed by atoms with Gasteiger partial charge >= 0.3 is 0 Å². The van der Waals surface area contributed by atoms with Gasteiger partial charge in [-0.2, -0.15) is 0 Å². The normalized spacial score (nSPS) is 12.2. The average Bonchev–Trinajstić information content (AvgIpc) is 2.49. The van der Waals surface area contributed by atoms with Crippen LogP contribution in [0.5, 0.6) is 0 Å². The summed E-state index contributed by atoms with van der Waals surface area (Å²) in [4.78, 5) is 11.4. The maximum atomic E-state index is 5.42. The highest BCUT2D eigenvalue weighted by Gasteiger charge is 2.12. The Morgan fingerprint density at radius 3 is 2.60 bits per heavy atom. The Kier molecular flexibility index (Phi) is 7.30. The molecule has 0 spiro atoms. The number of hydrogen-bond acceptors (Lipinski definition) is 5. The predicted octanol–water partition coefficient (Wildman–Crippen LogP) is 2.93. The Hall–Kier alpha value is -1.36. The van der Waals surface area contributed by atoms with Crippen molar-refractivity contribution in [1.82, 2.24) is 9.97 Å². The van der Waals surface area contributed by atoms with E-state index in [9.17, 15) is 0 Å². The Bertz CT molecular complexity index is 397. The van der Waals surface area contributed by atoms with Crippen LogP contribution in [0.4, 0.5) is 11.6 Å². The molecule has 1 aromatic heterocycles. The van der Waals surface area contributed by atoms with E-state index in [1.165, 1.54) is 6.42 Å². The standard InChI is InChI=1S/C15H28N4O/c1-6-12(4)10-19(7-2)15-9-13(16-5)17-14(18-15)11-20-8-3/h9,12H,6-8,10-11H2,1-5H3,(H,16,17,18). The number of hydrogen-bond donors (Lipinski definition) is 1. The van der Waals surface area contributed by atoms with Crippen LogP contribution < -0.4 is 10.2 Å². The quantitative estimate of drug-likeness (QED) is 0.753.